The van der Waals surface area contributed by atoms with Crippen LogP contribution in [0.5, 0.6) is 17.2 Å². The summed E-state index contributed by atoms with van der Waals surface area (Å²) in [7, 11) is 2.93. The smallest absolute Gasteiger partial charge is 0.265 e. The van der Waals surface area contributed by atoms with E-state index in [9.17, 15) is 14.7 Å². The van der Waals surface area contributed by atoms with Gasteiger partial charge in [-0.25, -0.2) is 0 Å². The Morgan fingerprint density at radius 3 is 2.37 bits per heavy atom. The summed E-state index contributed by atoms with van der Waals surface area (Å²) in [5.74, 6) is -0.305. The molecule has 27 heavy (non-hydrogen) atoms. The average molecular weight is 368 g/mol. The number of amides is 1. The molecule has 0 aliphatic carbocycles. The quantitative estimate of drug-likeness (QED) is 0.643. The lowest BCUT2D eigenvalue weighted by Gasteiger charge is -2.15. The molecule has 0 saturated carbocycles. The number of aromatic hydroxyl groups is 1. The number of pyridine rings is 1. The Morgan fingerprint density at radius 2 is 1.74 bits per heavy atom. The lowest BCUT2D eigenvalue weighted by Crippen LogP contribution is -2.31. The average Bonchev–Trinajstić information content (AvgIpc) is 2.67. The highest BCUT2D eigenvalue weighted by Gasteiger charge is 2.22. The number of fused-ring (bicyclic) bond motifs is 1. The third-order valence-electron chi connectivity index (χ3n) is 4.37. The van der Waals surface area contributed by atoms with Gasteiger partial charge in [-0.1, -0.05) is 30.3 Å². The molecule has 0 radical (unpaired) electrons. The van der Waals surface area contributed by atoms with Crippen molar-refractivity contribution >= 4 is 16.8 Å². The zero-order chi connectivity index (χ0) is 19.6. The van der Waals surface area contributed by atoms with Crippen LogP contribution in [-0.2, 0) is 0 Å². The number of benzene rings is 2. The van der Waals surface area contributed by atoms with E-state index >= 15 is 0 Å². The first-order chi connectivity index (χ1) is 13.0. The highest BCUT2D eigenvalue weighted by molar-refractivity contribution is 6.02. The van der Waals surface area contributed by atoms with Gasteiger partial charge in [0, 0.05) is 11.5 Å². The van der Waals surface area contributed by atoms with E-state index in [-0.39, 0.29) is 17.0 Å². The SMILES string of the molecule is COc1cc2[nH]c(=O)c(C(=O)N[C@H](C)c3ccccc3)c(O)c2cc1OC. The minimum absolute atomic E-state index is 0.282. The van der Waals surface area contributed by atoms with Crippen molar-refractivity contribution < 1.29 is 19.4 Å². The van der Waals surface area contributed by atoms with Crippen LogP contribution >= 0.6 is 0 Å². The van der Waals surface area contributed by atoms with Crippen molar-refractivity contribution in [3.8, 4) is 17.2 Å². The van der Waals surface area contributed by atoms with Gasteiger partial charge in [0.15, 0.2) is 11.5 Å². The molecule has 0 spiro atoms. The summed E-state index contributed by atoms with van der Waals surface area (Å²) in [5, 5.41) is 13.6. The third kappa shape index (κ3) is 3.44. The number of aromatic amines is 1. The van der Waals surface area contributed by atoms with Gasteiger partial charge in [-0.15, -0.1) is 0 Å². The summed E-state index contributed by atoms with van der Waals surface area (Å²) in [6, 6.07) is 12.0. The molecule has 3 aromatic rings. The minimum Gasteiger partial charge on any atom is -0.506 e. The zero-order valence-corrected chi connectivity index (χ0v) is 15.2. The van der Waals surface area contributed by atoms with E-state index in [1.807, 2.05) is 30.3 Å². The van der Waals surface area contributed by atoms with Crippen molar-refractivity contribution in [1.29, 1.82) is 0 Å². The van der Waals surface area contributed by atoms with Crippen LogP contribution in [0.25, 0.3) is 10.9 Å². The number of carbonyl (C=O) groups excluding carboxylic acids is 1. The van der Waals surface area contributed by atoms with Gasteiger partial charge in [0.2, 0.25) is 0 Å². The molecule has 0 saturated heterocycles. The first kappa shape index (κ1) is 18.3. The summed E-state index contributed by atoms with van der Waals surface area (Å²) >= 11 is 0. The first-order valence-corrected chi connectivity index (χ1v) is 8.33. The van der Waals surface area contributed by atoms with Gasteiger partial charge in [0.1, 0.15) is 11.3 Å². The second kappa shape index (κ2) is 7.41. The lowest BCUT2D eigenvalue weighted by atomic mass is 10.1. The fourth-order valence-corrected chi connectivity index (χ4v) is 2.91. The minimum atomic E-state index is -0.690. The predicted octanol–water partition coefficient (Wildman–Crippen LogP) is 2.74. The molecule has 0 aliphatic heterocycles. The Labute approximate surface area is 155 Å². The number of methoxy groups -OCH3 is 2. The van der Waals surface area contributed by atoms with Gasteiger partial charge in [0.05, 0.1) is 25.8 Å². The summed E-state index contributed by atoms with van der Waals surface area (Å²) in [6.45, 7) is 1.80. The molecule has 0 bridgehead atoms. The van der Waals surface area contributed by atoms with Crippen LogP contribution in [-0.4, -0.2) is 30.2 Å². The van der Waals surface area contributed by atoms with Gasteiger partial charge in [-0.05, 0) is 18.6 Å². The van der Waals surface area contributed by atoms with E-state index in [4.69, 9.17) is 9.47 Å². The Balaban J connectivity index is 2.03. The molecule has 3 rings (SSSR count). The van der Waals surface area contributed by atoms with Crippen molar-refractivity contribution in [2.45, 2.75) is 13.0 Å². The number of hydrogen-bond donors (Lipinski definition) is 3. The molecule has 0 fully saturated rings. The molecule has 7 heteroatoms. The maximum atomic E-state index is 12.6. The predicted molar refractivity (Wildman–Crippen MR) is 102 cm³/mol. The van der Waals surface area contributed by atoms with Gasteiger partial charge in [-0.2, -0.15) is 0 Å². The second-order valence-electron chi connectivity index (χ2n) is 6.04. The largest absolute Gasteiger partial charge is 0.506 e. The monoisotopic (exact) mass is 368 g/mol. The number of H-pyrrole nitrogens is 1. The maximum absolute atomic E-state index is 12.6. The first-order valence-electron chi connectivity index (χ1n) is 8.33. The van der Waals surface area contributed by atoms with Crippen LogP contribution in [0.4, 0.5) is 0 Å². The standard InChI is InChI=1S/C20H20N2O5/c1-11(12-7-5-4-6-8-12)21-19(24)17-18(23)13-9-15(26-2)16(27-3)10-14(13)22-20(17)25/h4-11H,1-3H3,(H,21,24)(H2,22,23,25)/t11-/m1/s1. The molecule has 0 unspecified atom stereocenters. The van der Waals surface area contributed by atoms with Crippen molar-refractivity contribution in [2.24, 2.45) is 0 Å². The Kier molecular flexibility index (Phi) is 5.03. The molecule has 3 N–H and O–H groups in total. The Hall–Kier alpha value is -3.48. The van der Waals surface area contributed by atoms with Crippen LogP contribution in [0, 0.1) is 0 Å². The van der Waals surface area contributed by atoms with Gasteiger partial charge in [0.25, 0.3) is 11.5 Å². The van der Waals surface area contributed by atoms with Crippen LogP contribution in [0.15, 0.2) is 47.3 Å². The molecule has 1 amide bonds. The summed E-state index contributed by atoms with van der Waals surface area (Å²) < 4.78 is 10.4. The Bertz CT molecular complexity index is 1040. The van der Waals surface area contributed by atoms with Crippen molar-refractivity contribution in [3.05, 3.63) is 63.9 Å². The highest BCUT2D eigenvalue weighted by Crippen LogP contribution is 2.35. The van der Waals surface area contributed by atoms with E-state index in [2.05, 4.69) is 10.3 Å². The van der Waals surface area contributed by atoms with Crippen molar-refractivity contribution in [3.63, 3.8) is 0 Å². The normalized spacial score (nSPS) is 11.8. The summed E-state index contributed by atoms with van der Waals surface area (Å²) in [6.07, 6.45) is 0. The van der Waals surface area contributed by atoms with Gasteiger partial charge < -0.3 is 24.9 Å². The molecule has 140 valence electrons. The molecular formula is C20H20N2O5. The summed E-state index contributed by atoms with van der Waals surface area (Å²) in [5.41, 5.74) is 0.180. The fourth-order valence-electron chi connectivity index (χ4n) is 2.91. The highest BCUT2D eigenvalue weighted by atomic mass is 16.5. The molecule has 1 heterocycles. The molecule has 2 aromatic carbocycles. The van der Waals surface area contributed by atoms with Crippen LogP contribution in [0.3, 0.4) is 0 Å². The summed E-state index contributed by atoms with van der Waals surface area (Å²) in [4.78, 5) is 27.7. The van der Waals surface area contributed by atoms with E-state index < -0.39 is 17.2 Å². The molecule has 1 atom stereocenters. The third-order valence-corrected chi connectivity index (χ3v) is 4.37. The molecule has 7 nitrogen and oxygen atoms in total. The van der Waals surface area contributed by atoms with E-state index in [0.29, 0.717) is 17.0 Å². The number of aromatic nitrogens is 1. The topological polar surface area (TPSA) is 101 Å². The second-order valence-corrected chi connectivity index (χ2v) is 6.04. The fraction of sp³-hybridized carbons (Fsp3) is 0.200. The van der Waals surface area contributed by atoms with Gasteiger partial charge >= 0.3 is 0 Å². The molecular weight excluding hydrogens is 348 g/mol. The Morgan fingerprint density at radius 1 is 1.11 bits per heavy atom. The number of hydrogen-bond acceptors (Lipinski definition) is 5. The molecule has 0 aliphatic rings. The lowest BCUT2D eigenvalue weighted by molar-refractivity contribution is 0.0936. The van der Waals surface area contributed by atoms with E-state index in [0.717, 1.165) is 5.56 Å². The zero-order valence-electron chi connectivity index (χ0n) is 15.2. The van der Waals surface area contributed by atoms with E-state index in [1.54, 1.807) is 6.92 Å². The van der Waals surface area contributed by atoms with Crippen LogP contribution in [0.2, 0.25) is 0 Å². The number of carbonyl (C=O) groups is 1. The van der Waals surface area contributed by atoms with E-state index in [1.165, 1.54) is 26.4 Å². The number of ether oxygens (including phenoxy) is 2. The van der Waals surface area contributed by atoms with Crippen molar-refractivity contribution in [2.75, 3.05) is 14.2 Å². The van der Waals surface area contributed by atoms with Crippen LogP contribution in [0.1, 0.15) is 28.9 Å². The van der Waals surface area contributed by atoms with Gasteiger partial charge in [-0.3, -0.25) is 9.59 Å². The van der Waals surface area contributed by atoms with Crippen LogP contribution < -0.4 is 20.3 Å². The number of rotatable bonds is 5. The number of nitrogens with one attached hydrogen (secondary N) is 2. The maximum Gasteiger partial charge on any atom is 0.265 e. The molecule has 1 aromatic heterocycles. The van der Waals surface area contributed by atoms with Crippen molar-refractivity contribution in [1.82, 2.24) is 10.3 Å².